The van der Waals surface area contributed by atoms with Gasteiger partial charge in [-0.15, -0.1) is 0 Å². The molecule has 4 heteroatoms. The van der Waals surface area contributed by atoms with Crippen LogP contribution in [0, 0.1) is 0 Å². The zero-order valence-electron chi connectivity index (χ0n) is 6.58. The van der Waals surface area contributed by atoms with Gasteiger partial charge in [0.15, 0.2) is 0 Å². The third-order valence-corrected chi connectivity index (χ3v) is 0.922. The van der Waals surface area contributed by atoms with E-state index in [9.17, 15) is 4.79 Å². The van der Waals surface area contributed by atoms with Crippen LogP contribution in [0.4, 0.5) is 0 Å². The Balaban J connectivity index is 3.30. The van der Waals surface area contributed by atoms with Crippen molar-refractivity contribution in [3.05, 3.63) is 12.2 Å². The van der Waals surface area contributed by atoms with Crippen molar-refractivity contribution in [1.82, 2.24) is 0 Å². The highest BCUT2D eigenvalue weighted by atomic mass is 16.6. The lowest BCUT2D eigenvalue weighted by Gasteiger charge is -1.98. The summed E-state index contributed by atoms with van der Waals surface area (Å²) in [5, 5.41) is 0. The molecule has 0 atom stereocenters. The third kappa shape index (κ3) is 7.02. The first-order chi connectivity index (χ1) is 5.31. The molecule has 4 nitrogen and oxygen atoms in total. The van der Waals surface area contributed by atoms with Crippen LogP contribution in [-0.4, -0.2) is 32.8 Å². The first-order valence-electron chi connectivity index (χ1n) is 3.33. The van der Waals surface area contributed by atoms with Gasteiger partial charge in [-0.05, 0) is 0 Å². The SMILES string of the molecule is COCCOC(=O)C=CCN. The Bertz CT molecular complexity index is 134. The molecule has 0 aliphatic rings. The summed E-state index contributed by atoms with van der Waals surface area (Å²) in [5.74, 6) is -0.382. The van der Waals surface area contributed by atoms with Crippen molar-refractivity contribution in [2.24, 2.45) is 5.73 Å². The van der Waals surface area contributed by atoms with Gasteiger partial charge in [0, 0.05) is 19.7 Å². The van der Waals surface area contributed by atoms with Gasteiger partial charge in [-0.2, -0.15) is 0 Å². The maximum absolute atomic E-state index is 10.7. The highest BCUT2D eigenvalue weighted by Crippen LogP contribution is 1.80. The molecule has 11 heavy (non-hydrogen) atoms. The van der Waals surface area contributed by atoms with Gasteiger partial charge in [0.2, 0.25) is 0 Å². The van der Waals surface area contributed by atoms with Crippen molar-refractivity contribution >= 4 is 5.97 Å². The average molecular weight is 159 g/mol. The first-order valence-corrected chi connectivity index (χ1v) is 3.33. The lowest BCUT2D eigenvalue weighted by Crippen LogP contribution is -2.07. The zero-order chi connectivity index (χ0) is 8.53. The number of methoxy groups -OCH3 is 1. The van der Waals surface area contributed by atoms with Gasteiger partial charge >= 0.3 is 5.97 Å². The fourth-order valence-electron chi connectivity index (χ4n) is 0.438. The van der Waals surface area contributed by atoms with Crippen molar-refractivity contribution in [2.45, 2.75) is 0 Å². The predicted octanol–water partition coefficient (Wildman–Crippen LogP) is -0.309. The summed E-state index contributed by atoms with van der Waals surface area (Å²) >= 11 is 0. The van der Waals surface area contributed by atoms with Crippen LogP contribution in [-0.2, 0) is 14.3 Å². The Morgan fingerprint density at radius 3 is 2.82 bits per heavy atom. The third-order valence-electron chi connectivity index (χ3n) is 0.922. The van der Waals surface area contributed by atoms with Gasteiger partial charge < -0.3 is 15.2 Å². The molecule has 0 aromatic carbocycles. The van der Waals surface area contributed by atoms with E-state index >= 15 is 0 Å². The number of rotatable bonds is 5. The smallest absolute Gasteiger partial charge is 0.330 e. The minimum atomic E-state index is -0.382. The number of esters is 1. The van der Waals surface area contributed by atoms with E-state index in [0.717, 1.165) is 0 Å². The topological polar surface area (TPSA) is 61.5 Å². The summed E-state index contributed by atoms with van der Waals surface area (Å²) in [4.78, 5) is 10.7. The van der Waals surface area contributed by atoms with E-state index in [4.69, 9.17) is 5.73 Å². The van der Waals surface area contributed by atoms with E-state index in [0.29, 0.717) is 13.2 Å². The number of carbonyl (C=O) groups excluding carboxylic acids is 1. The summed E-state index contributed by atoms with van der Waals surface area (Å²) in [5.41, 5.74) is 5.11. The zero-order valence-corrected chi connectivity index (χ0v) is 6.58. The molecule has 2 N–H and O–H groups in total. The molecule has 0 rings (SSSR count). The molecule has 0 aliphatic carbocycles. The molecule has 0 saturated heterocycles. The van der Waals surface area contributed by atoms with Crippen LogP contribution in [0.25, 0.3) is 0 Å². The minimum Gasteiger partial charge on any atom is -0.460 e. The Morgan fingerprint density at radius 2 is 2.27 bits per heavy atom. The van der Waals surface area contributed by atoms with Crippen LogP contribution in [0.1, 0.15) is 0 Å². The second-order valence-electron chi connectivity index (χ2n) is 1.80. The summed E-state index contributed by atoms with van der Waals surface area (Å²) in [6.07, 6.45) is 2.84. The number of hydrogen-bond acceptors (Lipinski definition) is 4. The molecule has 0 fully saturated rings. The molecule has 64 valence electrons. The number of nitrogens with two attached hydrogens (primary N) is 1. The van der Waals surface area contributed by atoms with Gasteiger partial charge in [-0.25, -0.2) is 4.79 Å². The van der Waals surface area contributed by atoms with E-state index in [-0.39, 0.29) is 12.6 Å². The lowest BCUT2D eigenvalue weighted by atomic mass is 10.5. The summed E-state index contributed by atoms with van der Waals surface area (Å²) in [6, 6.07) is 0. The molecule has 0 aromatic rings. The van der Waals surface area contributed by atoms with Crippen LogP contribution >= 0.6 is 0 Å². The van der Waals surface area contributed by atoms with Crippen LogP contribution in [0.2, 0.25) is 0 Å². The van der Waals surface area contributed by atoms with E-state index in [1.807, 2.05) is 0 Å². The van der Waals surface area contributed by atoms with Crippen LogP contribution in [0.15, 0.2) is 12.2 Å². The van der Waals surface area contributed by atoms with Crippen LogP contribution in [0.5, 0.6) is 0 Å². The minimum absolute atomic E-state index is 0.282. The van der Waals surface area contributed by atoms with E-state index in [2.05, 4.69) is 9.47 Å². The summed E-state index contributed by atoms with van der Waals surface area (Å²) in [7, 11) is 1.55. The molecule has 0 aromatic heterocycles. The van der Waals surface area contributed by atoms with Crippen molar-refractivity contribution in [3.63, 3.8) is 0 Å². The van der Waals surface area contributed by atoms with Crippen molar-refractivity contribution in [2.75, 3.05) is 26.9 Å². The highest BCUT2D eigenvalue weighted by molar-refractivity contribution is 5.81. The standard InChI is InChI=1S/C7H13NO3/c1-10-5-6-11-7(9)3-2-4-8/h2-3H,4-6,8H2,1H3. The Kier molecular flexibility index (Phi) is 6.67. The van der Waals surface area contributed by atoms with Gasteiger partial charge in [0.1, 0.15) is 6.61 Å². The van der Waals surface area contributed by atoms with Gasteiger partial charge in [-0.1, -0.05) is 6.08 Å². The average Bonchev–Trinajstić information content (AvgIpc) is 2.01. The predicted molar refractivity (Wildman–Crippen MR) is 41.0 cm³/mol. The molecule has 0 amide bonds. The molecule has 0 bridgehead atoms. The largest absolute Gasteiger partial charge is 0.460 e. The van der Waals surface area contributed by atoms with Crippen molar-refractivity contribution in [1.29, 1.82) is 0 Å². The summed E-state index contributed by atoms with van der Waals surface area (Å²) in [6.45, 7) is 1.05. The van der Waals surface area contributed by atoms with Gasteiger partial charge in [0.05, 0.1) is 6.61 Å². The highest BCUT2D eigenvalue weighted by Gasteiger charge is 1.93. The normalized spacial score (nSPS) is 10.4. The lowest BCUT2D eigenvalue weighted by molar-refractivity contribution is -0.138. The molecule has 0 aliphatic heterocycles. The Hall–Kier alpha value is -0.870. The monoisotopic (exact) mass is 159 g/mol. The Labute approximate surface area is 66.0 Å². The Morgan fingerprint density at radius 1 is 1.55 bits per heavy atom. The molecular formula is C7H13NO3. The van der Waals surface area contributed by atoms with E-state index in [1.54, 1.807) is 7.11 Å². The van der Waals surface area contributed by atoms with Crippen molar-refractivity contribution < 1.29 is 14.3 Å². The van der Waals surface area contributed by atoms with Crippen LogP contribution < -0.4 is 5.73 Å². The van der Waals surface area contributed by atoms with E-state index in [1.165, 1.54) is 12.2 Å². The quantitative estimate of drug-likeness (QED) is 0.339. The maximum Gasteiger partial charge on any atom is 0.330 e. The summed E-state index contributed by atoms with van der Waals surface area (Å²) < 4.78 is 9.35. The molecular weight excluding hydrogens is 146 g/mol. The van der Waals surface area contributed by atoms with Gasteiger partial charge in [-0.3, -0.25) is 0 Å². The fourth-order valence-corrected chi connectivity index (χ4v) is 0.438. The fraction of sp³-hybridized carbons (Fsp3) is 0.571. The maximum atomic E-state index is 10.7. The first kappa shape index (κ1) is 10.1. The molecule has 0 saturated carbocycles. The molecule has 0 heterocycles. The number of ether oxygens (including phenoxy) is 2. The second kappa shape index (κ2) is 7.24. The van der Waals surface area contributed by atoms with Crippen LogP contribution in [0.3, 0.4) is 0 Å². The molecule has 0 radical (unpaired) electrons. The second-order valence-corrected chi connectivity index (χ2v) is 1.80. The molecule has 0 spiro atoms. The van der Waals surface area contributed by atoms with Crippen molar-refractivity contribution in [3.8, 4) is 0 Å². The van der Waals surface area contributed by atoms with Gasteiger partial charge in [0.25, 0.3) is 0 Å². The molecule has 0 unspecified atom stereocenters. The van der Waals surface area contributed by atoms with E-state index < -0.39 is 0 Å². The number of hydrogen-bond donors (Lipinski definition) is 1. The number of carbonyl (C=O) groups is 1.